The summed E-state index contributed by atoms with van der Waals surface area (Å²) in [7, 11) is 0. The van der Waals surface area contributed by atoms with Gasteiger partial charge in [-0.15, -0.1) is 0 Å². The summed E-state index contributed by atoms with van der Waals surface area (Å²) in [5.41, 5.74) is 2.38. The maximum Gasteiger partial charge on any atom is 0.220 e. The summed E-state index contributed by atoms with van der Waals surface area (Å²) in [4.78, 5) is 2.39. The highest BCUT2D eigenvalue weighted by Gasteiger charge is 2.48. The van der Waals surface area contributed by atoms with E-state index in [4.69, 9.17) is 10.1 Å². The third-order valence-electron chi connectivity index (χ3n) is 4.64. The predicted octanol–water partition coefficient (Wildman–Crippen LogP) is 3.27. The number of likely N-dealkylation sites (tertiary alicyclic amines) is 1. The summed E-state index contributed by atoms with van der Waals surface area (Å²) in [6.45, 7) is 2.76. The minimum atomic E-state index is -0.599. The van der Waals surface area contributed by atoms with Crippen LogP contribution in [-0.2, 0) is 10.6 Å². The van der Waals surface area contributed by atoms with E-state index in [0.29, 0.717) is 6.61 Å². The molecule has 2 atom stereocenters. The third kappa shape index (κ3) is 2.35. The van der Waals surface area contributed by atoms with E-state index in [9.17, 15) is 0 Å². The minimum Gasteiger partial charge on any atom is -0.340 e. The van der Waals surface area contributed by atoms with Crippen LogP contribution in [0.2, 0.25) is 0 Å². The number of hydrogen-bond acceptors (Lipinski definition) is 2. The van der Waals surface area contributed by atoms with Crippen molar-refractivity contribution in [3.05, 3.63) is 71.8 Å². The normalized spacial score (nSPS) is 29.0. The lowest BCUT2D eigenvalue weighted by Gasteiger charge is -2.37. The first-order valence-corrected chi connectivity index (χ1v) is 8.10. The number of hydrogen-bond donors (Lipinski definition) is 0. The first kappa shape index (κ1) is 13.9. The fourth-order valence-electron chi connectivity index (χ4n) is 3.52. The largest absolute Gasteiger partial charge is 0.340 e. The lowest BCUT2D eigenvalue weighted by atomic mass is 10.1. The average molecular weight is 293 g/mol. The van der Waals surface area contributed by atoms with Gasteiger partial charge in [-0.25, -0.2) is 0 Å². The topological polar surface area (TPSA) is 26.6 Å². The molecule has 2 aliphatic rings. The van der Waals surface area contributed by atoms with Crippen LogP contribution in [0.5, 0.6) is 0 Å². The molecule has 0 N–H and O–H groups in total. The molecule has 0 aromatic heterocycles. The predicted molar refractivity (Wildman–Crippen MR) is 86.2 cm³/mol. The first-order valence-electron chi connectivity index (χ1n) is 8.10. The van der Waals surface area contributed by atoms with E-state index in [1.165, 1.54) is 18.4 Å². The van der Waals surface area contributed by atoms with Gasteiger partial charge in [0.2, 0.25) is 5.85 Å². The van der Waals surface area contributed by atoms with E-state index < -0.39 is 5.85 Å². The van der Waals surface area contributed by atoms with Crippen molar-refractivity contribution >= 4 is 0 Å². The third-order valence-corrected chi connectivity index (χ3v) is 4.64. The minimum absolute atomic E-state index is 0.113. The van der Waals surface area contributed by atoms with Gasteiger partial charge in [0.1, 0.15) is 0 Å². The van der Waals surface area contributed by atoms with Crippen LogP contribution in [0.15, 0.2) is 60.7 Å². The molecule has 2 saturated heterocycles. The highest BCUT2D eigenvalue weighted by atomic mass is 16.5. The van der Waals surface area contributed by atoms with Crippen LogP contribution in [0, 0.1) is 0 Å². The van der Waals surface area contributed by atoms with Gasteiger partial charge >= 0.3 is 0 Å². The molecule has 0 spiro atoms. The summed E-state index contributed by atoms with van der Waals surface area (Å²) in [6.07, 6.45) is 2.45. The number of benzene rings is 2. The zero-order chi connectivity index (χ0) is 14.8. The van der Waals surface area contributed by atoms with Gasteiger partial charge in [-0.1, -0.05) is 60.7 Å². The Morgan fingerprint density at radius 3 is 2.23 bits per heavy atom. The molecule has 22 heavy (non-hydrogen) atoms. The summed E-state index contributed by atoms with van der Waals surface area (Å²) < 4.78 is 6.34. The van der Waals surface area contributed by atoms with Crippen molar-refractivity contribution in [3.8, 4) is 0 Å². The van der Waals surface area contributed by atoms with Crippen LogP contribution < -0.4 is 5.32 Å². The van der Waals surface area contributed by atoms with Gasteiger partial charge in [-0.2, -0.15) is 5.32 Å². The molecule has 0 bridgehead atoms. The molecule has 4 rings (SSSR count). The summed E-state index contributed by atoms with van der Waals surface area (Å²) >= 11 is 0. The summed E-state index contributed by atoms with van der Waals surface area (Å²) in [5, 5.41) is 5.15. The van der Waals surface area contributed by atoms with Crippen LogP contribution in [-0.4, -0.2) is 24.6 Å². The second kappa shape index (κ2) is 5.84. The standard InChI is InChI=1S/C19H21N2O/c1-3-9-16(10-4-1)18-15-22-19(20-18,21-13-7-8-14-21)17-11-5-2-6-12-17/h1-6,9-12,18H,7-8,13-15H2. The Hall–Kier alpha value is -1.68. The number of nitrogens with zero attached hydrogens (tertiary/aromatic N) is 2. The molecule has 3 heteroatoms. The zero-order valence-electron chi connectivity index (χ0n) is 12.7. The number of ether oxygens (including phenoxy) is 1. The van der Waals surface area contributed by atoms with Crippen LogP contribution in [0.3, 0.4) is 0 Å². The maximum absolute atomic E-state index is 6.34. The van der Waals surface area contributed by atoms with E-state index in [1.54, 1.807) is 0 Å². The van der Waals surface area contributed by atoms with Crippen molar-refractivity contribution in [2.45, 2.75) is 24.7 Å². The van der Waals surface area contributed by atoms with Gasteiger partial charge in [0.25, 0.3) is 0 Å². The Kier molecular flexibility index (Phi) is 3.70. The van der Waals surface area contributed by atoms with Crippen molar-refractivity contribution in [1.29, 1.82) is 0 Å². The lowest BCUT2D eigenvalue weighted by Crippen LogP contribution is -2.49. The Bertz CT molecular complexity index is 610. The second-order valence-corrected chi connectivity index (χ2v) is 6.04. The van der Waals surface area contributed by atoms with Crippen molar-refractivity contribution < 1.29 is 4.74 Å². The van der Waals surface area contributed by atoms with Crippen molar-refractivity contribution in [2.75, 3.05) is 19.7 Å². The zero-order valence-corrected chi connectivity index (χ0v) is 12.7. The highest BCUT2D eigenvalue weighted by Crippen LogP contribution is 2.40. The molecule has 2 unspecified atom stereocenters. The average Bonchev–Trinajstić information content (AvgIpc) is 3.27. The Morgan fingerprint density at radius 1 is 0.909 bits per heavy atom. The molecule has 2 aliphatic heterocycles. The summed E-state index contributed by atoms with van der Waals surface area (Å²) in [6, 6.07) is 21.0. The van der Waals surface area contributed by atoms with E-state index in [-0.39, 0.29) is 6.04 Å². The smallest absolute Gasteiger partial charge is 0.220 e. The molecule has 0 aliphatic carbocycles. The highest BCUT2D eigenvalue weighted by molar-refractivity contribution is 5.26. The Labute approximate surface area is 131 Å². The van der Waals surface area contributed by atoms with Gasteiger partial charge in [-0.3, -0.25) is 4.90 Å². The molecule has 2 aromatic carbocycles. The lowest BCUT2D eigenvalue weighted by molar-refractivity contribution is -0.137. The van der Waals surface area contributed by atoms with Crippen molar-refractivity contribution in [3.63, 3.8) is 0 Å². The number of rotatable bonds is 3. The van der Waals surface area contributed by atoms with Gasteiger partial charge < -0.3 is 4.74 Å². The van der Waals surface area contributed by atoms with Gasteiger partial charge in [0.15, 0.2) is 0 Å². The van der Waals surface area contributed by atoms with Crippen molar-refractivity contribution in [1.82, 2.24) is 10.2 Å². The Morgan fingerprint density at radius 2 is 1.55 bits per heavy atom. The van der Waals surface area contributed by atoms with E-state index >= 15 is 0 Å². The SMILES string of the molecule is c1ccc(C2COC(c3ccccc3)(N3CCCC3)[N]2)cc1. The quantitative estimate of drug-likeness (QED) is 0.868. The Balaban J connectivity index is 1.68. The maximum atomic E-state index is 6.34. The molecule has 0 saturated carbocycles. The molecular formula is C19H21N2O. The van der Waals surface area contributed by atoms with Gasteiger partial charge in [0.05, 0.1) is 12.6 Å². The van der Waals surface area contributed by atoms with Crippen LogP contribution in [0.4, 0.5) is 0 Å². The monoisotopic (exact) mass is 293 g/mol. The van der Waals surface area contributed by atoms with Gasteiger partial charge in [-0.05, 0) is 18.4 Å². The second-order valence-electron chi connectivity index (χ2n) is 6.04. The van der Waals surface area contributed by atoms with Crippen LogP contribution in [0.1, 0.15) is 30.0 Å². The van der Waals surface area contributed by atoms with Crippen LogP contribution >= 0.6 is 0 Å². The molecule has 2 fully saturated rings. The van der Waals surface area contributed by atoms with E-state index in [1.807, 2.05) is 12.1 Å². The molecule has 3 nitrogen and oxygen atoms in total. The molecular weight excluding hydrogens is 272 g/mol. The molecule has 1 radical (unpaired) electrons. The molecule has 113 valence electrons. The molecule has 2 aromatic rings. The fourth-order valence-corrected chi connectivity index (χ4v) is 3.52. The van der Waals surface area contributed by atoms with E-state index in [2.05, 4.69) is 53.4 Å². The van der Waals surface area contributed by atoms with Gasteiger partial charge in [0, 0.05) is 18.7 Å². The fraction of sp³-hybridized carbons (Fsp3) is 0.368. The molecule has 0 amide bonds. The van der Waals surface area contributed by atoms with E-state index in [0.717, 1.165) is 18.7 Å². The molecule has 2 heterocycles. The first-order chi connectivity index (χ1) is 10.9. The van der Waals surface area contributed by atoms with Crippen LogP contribution in [0.25, 0.3) is 0 Å². The van der Waals surface area contributed by atoms with Crippen molar-refractivity contribution in [2.24, 2.45) is 0 Å². The summed E-state index contributed by atoms with van der Waals surface area (Å²) in [5.74, 6) is -0.599.